The van der Waals surface area contributed by atoms with Crippen molar-refractivity contribution in [1.82, 2.24) is 0 Å². The van der Waals surface area contributed by atoms with Crippen LogP contribution in [-0.4, -0.2) is 0 Å². The third kappa shape index (κ3) is 6.69. The summed E-state index contributed by atoms with van der Waals surface area (Å²) in [6, 6.07) is 87.1. The first-order valence-electron chi connectivity index (χ1n) is 21.7. The maximum absolute atomic E-state index is 6.37. The van der Waals surface area contributed by atoms with E-state index in [1.54, 1.807) is 0 Å². The summed E-state index contributed by atoms with van der Waals surface area (Å²) in [5.74, 6) is 0. The molecule has 0 atom stereocenters. The van der Waals surface area contributed by atoms with Crippen molar-refractivity contribution in [2.24, 2.45) is 0 Å². The molecule has 0 saturated carbocycles. The zero-order valence-electron chi connectivity index (χ0n) is 34.8. The lowest BCUT2D eigenvalue weighted by Gasteiger charge is -2.30. The zero-order chi connectivity index (χ0) is 42.4. The normalized spacial score (nSPS) is 11.4. The quantitative estimate of drug-likeness (QED) is 0.144. The van der Waals surface area contributed by atoms with E-state index in [4.69, 9.17) is 4.42 Å². The highest BCUT2D eigenvalue weighted by molar-refractivity contribution is 7.26. The van der Waals surface area contributed by atoms with Crippen LogP contribution < -0.4 is 9.80 Å². The molecule has 2 heterocycles. The van der Waals surface area contributed by atoms with Crippen LogP contribution in [0.3, 0.4) is 0 Å². The average molecular weight is 837 g/mol. The molecule has 0 saturated heterocycles. The molecule has 302 valence electrons. The van der Waals surface area contributed by atoms with Gasteiger partial charge in [-0.25, -0.2) is 0 Å². The van der Waals surface area contributed by atoms with Crippen LogP contribution >= 0.6 is 11.3 Å². The monoisotopic (exact) mass is 836 g/mol. The largest absolute Gasteiger partial charge is 0.456 e. The molecule has 64 heavy (non-hydrogen) atoms. The summed E-state index contributed by atoms with van der Waals surface area (Å²) in [6.07, 6.45) is 0. The fraction of sp³-hybridized carbons (Fsp3) is 0. The Morgan fingerprint density at radius 3 is 1.45 bits per heavy atom. The van der Waals surface area contributed by atoms with Gasteiger partial charge in [0.15, 0.2) is 0 Å². The first kappa shape index (κ1) is 37.6. The Balaban J connectivity index is 1.11. The topological polar surface area (TPSA) is 19.6 Å². The second-order valence-electron chi connectivity index (χ2n) is 16.1. The lowest BCUT2D eigenvalue weighted by Crippen LogP contribution is -2.13. The summed E-state index contributed by atoms with van der Waals surface area (Å²) < 4.78 is 8.81. The van der Waals surface area contributed by atoms with E-state index in [9.17, 15) is 0 Å². The number of para-hydroxylation sites is 3. The maximum atomic E-state index is 6.37. The van der Waals surface area contributed by atoms with Gasteiger partial charge in [0.2, 0.25) is 0 Å². The fourth-order valence-corrected chi connectivity index (χ4v) is 10.4. The van der Waals surface area contributed by atoms with Crippen molar-refractivity contribution in [3.63, 3.8) is 0 Å². The SMILES string of the molecule is c1ccc(-c2ccc(N(c3ccccc3)c3cc(N(c4ccccc4)c4ccc(-c5ccccc5)cc4)c4sc5ccc(-c6cccc7oc8ccccc8c67)cc5c4c3)cc2)cc1. The van der Waals surface area contributed by atoms with Gasteiger partial charge >= 0.3 is 0 Å². The van der Waals surface area contributed by atoms with Crippen LogP contribution in [-0.2, 0) is 0 Å². The molecule has 10 aromatic carbocycles. The number of furan rings is 1. The van der Waals surface area contributed by atoms with Crippen LogP contribution in [0.25, 0.3) is 75.5 Å². The van der Waals surface area contributed by atoms with Crippen molar-refractivity contribution < 1.29 is 4.42 Å². The van der Waals surface area contributed by atoms with Gasteiger partial charge in [0.1, 0.15) is 11.2 Å². The van der Waals surface area contributed by atoms with Gasteiger partial charge < -0.3 is 14.2 Å². The zero-order valence-corrected chi connectivity index (χ0v) is 35.6. The first-order chi connectivity index (χ1) is 31.7. The number of fused-ring (bicyclic) bond motifs is 6. The minimum absolute atomic E-state index is 0.895. The Labute approximate surface area is 376 Å². The summed E-state index contributed by atoms with van der Waals surface area (Å²) in [6.45, 7) is 0. The second kappa shape index (κ2) is 15.9. The number of benzene rings is 10. The molecule has 0 fully saturated rings. The standard InChI is InChI=1S/C60H40N2OS/c1-5-16-41(17-6-1)43-28-33-48(34-29-43)61(46-20-9-3-10-21-46)50-39-54-53-38-45(51-25-15-27-57-59(51)52-24-13-14-26-56(52)63-57)32-37-58(53)64-60(54)55(40-50)62(47-22-11-4-12-23-47)49-35-30-44(31-36-49)42-18-7-2-8-19-42/h1-40H. The van der Waals surface area contributed by atoms with Gasteiger partial charge in [0, 0.05) is 54.7 Å². The van der Waals surface area contributed by atoms with E-state index in [1.165, 1.54) is 42.4 Å². The Morgan fingerprint density at radius 2 is 0.812 bits per heavy atom. The highest BCUT2D eigenvalue weighted by Crippen LogP contribution is 2.50. The summed E-state index contributed by atoms with van der Waals surface area (Å²) in [5, 5.41) is 4.68. The minimum atomic E-state index is 0.895. The van der Waals surface area contributed by atoms with Crippen LogP contribution in [0.5, 0.6) is 0 Å². The molecule has 2 aromatic heterocycles. The molecule has 0 bridgehead atoms. The van der Waals surface area contributed by atoms with E-state index in [1.807, 2.05) is 17.4 Å². The van der Waals surface area contributed by atoms with E-state index in [-0.39, 0.29) is 0 Å². The molecule has 0 aliphatic heterocycles. The Morgan fingerprint density at radius 1 is 0.312 bits per heavy atom. The van der Waals surface area contributed by atoms with Crippen LogP contribution in [0.1, 0.15) is 0 Å². The summed E-state index contributed by atoms with van der Waals surface area (Å²) in [4.78, 5) is 4.82. The molecular weight excluding hydrogens is 797 g/mol. The van der Waals surface area contributed by atoms with Gasteiger partial charge in [-0.15, -0.1) is 11.3 Å². The van der Waals surface area contributed by atoms with Crippen LogP contribution in [0, 0.1) is 0 Å². The number of nitrogens with zero attached hydrogens (tertiary/aromatic N) is 2. The predicted octanol–water partition coefficient (Wildman–Crippen LogP) is 17.9. The van der Waals surface area contributed by atoms with Crippen LogP contribution in [0.15, 0.2) is 247 Å². The lowest BCUT2D eigenvalue weighted by atomic mass is 9.97. The second-order valence-corrected chi connectivity index (χ2v) is 17.2. The summed E-state index contributed by atoms with van der Waals surface area (Å²) in [5.41, 5.74) is 15.4. The third-order valence-electron chi connectivity index (χ3n) is 12.2. The number of hydrogen-bond donors (Lipinski definition) is 0. The van der Waals surface area contributed by atoms with Gasteiger partial charge in [-0.3, -0.25) is 0 Å². The summed E-state index contributed by atoms with van der Waals surface area (Å²) in [7, 11) is 0. The Bertz CT molecular complexity index is 3580. The van der Waals surface area contributed by atoms with E-state index >= 15 is 0 Å². The van der Waals surface area contributed by atoms with E-state index in [0.717, 1.165) is 67.2 Å². The Hall–Kier alpha value is -8.18. The number of anilines is 6. The highest BCUT2D eigenvalue weighted by atomic mass is 32.1. The van der Waals surface area contributed by atoms with Crippen molar-refractivity contribution in [2.45, 2.75) is 0 Å². The molecule has 0 N–H and O–H groups in total. The fourth-order valence-electron chi connectivity index (χ4n) is 9.22. The minimum Gasteiger partial charge on any atom is -0.456 e. The van der Waals surface area contributed by atoms with Crippen molar-refractivity contribution >= 4 is 87.6 Å². The molecular formula is C60H40N2OS. The van der Waals surface area contributed by atoms with Crippen molar-refractivity contribution in [3.05, 3.63) is 243 Å². The molecule has 0 spiro atoms. The lowest BCUT2D eigenvalue weighted by molar-refractivity contribution is 0.669. The summed E-state index contributed by atoms with van der Waals surface area (Å²) >= 11 is 1.85. The highest BCUT2D eigenvalue weighted by Gasteiger charge is 2.24. The molecule has 12 rings (SSSR count). The third-order valence-corrected chi connectivity index (χ3v) is 13.5. The molecule has 0 radical (unpaired) electrons. The van der Waals surface area contributed by atoms with Gasteiger partial charge in [0.25, 0.3) is 0 Å². The van der Waals surface area contributed by atoms with E-state index in [2.05, 4.69) is 246 Å². The van der Waals surface area contributed by atoms with Gasteiger partial charge in [-0.05, 0) is 118 Å². The molecule has 4 heteroatoms. The van der Waals surface area contributed by atoms with Crippen molar-refractivity contribution in [3.8, 4) is 33.4 Å². The first-order valence-corrected chi connectivity index (χ1v) is 22.5. The number of rotatable bonds is 9. The van der Waals surface area contributed by atoms with E-state index < -0.39 is 0 Å². The molecule has 12 aromatic rings. The predicted molar refractivity (Wildman–Crippen MR) is 272 cm³/mol. The smallest absolute Gasteiger partial charge is 0.136 e. The molecule has 0 unspecified atom stereocenters. The molecule has 0 amide bonds. The van der Waals surface area contributed by atoms with Crippen molar-refractivity contribution in [1.29, 1.82) is 0 Å². The van der Waals surface area contributed by atoms with Crippen LogP contribution in [0.4, 0.5) is 34.1 Å². The molecule has 0 aliphatic carbocycles. The van der Waals surface area contributed by atoms with Gasteiger partial charge in [-0.2, -0.15) is 0 Å². The van der Waals surface area contributed by atoms with Crippen LogP contribution in [0.2, 0.25) is 0 Å². The van der Waals surface area contributed by atoms with Crippen molar-refractivity contribution in [2.75, 3.05) is 9.80 Å². The molecule has 3 nitrogen and oxygen atoms in total. The van der Waals surface area contributed by atoms with Gasteiger partial charge in [0.05, 0.1) is 10.4 Å². The average Bonchev–Trinajstić information content (AvgIpc) is 3.94. The molecule has 0 aliphatic rings. The number of thiophene rings is 1. The number of hydrogen-bond acceptors (Lipinski definition) is 4. The Kier molecular flexibility index (Phi) is 9.36. The van der Waals surface area contributed by atoms with Gasteiger partial charge in [-0.1, -0.05) is 158 Å². The van der Waals surface area contributed by atoms with E-state index in [0.29, 0.717) is 0 Å². The maximum Gasteiger partial charge on any atom is 0.136 e.